The Balaban J connectivity index is 1.62. The molecule has 0 bridgehead atoms. The summed E-state index contributed by atoms with van der Waals surface area (Å²) in [6, 6.07) is 23.9. The van der Waals surface area contributed by atoms with Gasteiger partial charge in [0.2, 0.25) is 5.91 Å². The van der Waals surface area contributed by atoms with Crippen molar-refractivity contribution in [3.05, 3.63) is 102 Å². The van der Waals surface area contributed by atoms with Crippen LogP contribution in [0.1, 0.15) is 34.5 Å². The van der Waals surface area contributed by atoms with Crippen molar-refractivity contribution in [2.24, 2.45) is 0 Å². The van der Waals surface area contributed by atoms with Gasteiger partial charge < -0.3 is 15.4 Å². The molecular weight excluding hydrogens is 434 g/mol. The van der Waals surface area contributed by atoms with E-state index in [4.69, 9.17) is 17.0 Å². The molecule has 1 unspecified atom stereocenters. The van der Waals surface area contributed by atoms with Crippen molar-refractivity contribution in [1.82, 2.24) is 10.6 Å². The Labute approximate surface area is 198 Å². The Morgan fingerprint density at radius 3 is 2.36 bits per heavy atom. The van der Waals surface area contributed by atoms with Gasteiger partial charge in [-0.15, -0.1) is 0 Å². The van der Waals surface area contributed by atoms with Crippen LogP contribution in [0, 0.1) is 0 Å². The first kappa shape index (κ1) is 23.7. The Morgan fingerprint density at radius 1 is 0.939 bits per heavy atom. The van der Waals surface area contributed by atoms with Gasteiger partial charge >= 0.3 is 0 Å². The van der Waals surface area contributed by atoms with Crippen LogP contribution in [-0.2, 0) is 4.79 Å². The average Bonchev–Trinajstić information content (AvgIpc) is 2.83. The smallest absolute Gasteiger partial charge is 0.253 e. The topological polar surface area (TPSA) is 79.5 Å². The molecule has 168 valence electrons. The SMILES string of the molecule is COc1ccccc1/C=C/C(=O)NC(=S)Nc1ccccc1C(=O)NC(C)c1ccccc1. The second-order valence-corrected chi connectivity index (χ2v) is 7.58. The van der Waals surface area contributed by atoms with Crippen LogP contribution in [-0.4, -0.2) is 24.0 Å². The van der Waals surface area contributed by atoms with Gasteiger partial charge in [0.25, 0.3) is 5.91 Å². The fourth-order valence-corrected chi connectivity index (χ4v) is 3.38. The Kier molecular flexibility index (Phi) is 8.32. The van der Waals surface area contributed by atoms with Crippen LogP contribution in [0.4, 0.5) is 5.69 Å². The third kappa shape index (κ3) is 6.75. The quantitative estimate of drug-likeness (QED) is 0.352. The lowest BCUT2D eigenvalue weighted by Crippen LogP contribution is -2.34. The standard InChI is InChI=1S/C26H25N3O3S/c1-18(19-10-4-3-5-11-19)27-25(31)21-13-7-8-14-22(21)28-26(33)29-24(30)17-16-20-12-6-9-15-23(20)32-2/h3-18H,1-2H3,(H,27,31)(H2,28,29,30,33)/b17-16+. The van der Waals surface area contributed by atoms with Gasteiger partial charge in [0.05, 0.1) is 24.4 Å². The molecule has 2 amide bonds. The maximum absolute atomic E-state index is 12.9. The fraction of sp³-hybridized carbons (Fsp3) is 0.115. The first-order valence-electron chi connectivity index (χ1n) is 10.4. The Bertz CT molecular complexity index is 1160. The van der Waals surface area contributed by atoms with E-state index in [0.717, 1.165) is 11.1 Å². The zero-order chi connectivity index (χ0) is 23.6. The van der Waals surface area contributed by atoms with E-state index in [-0.39, 0.29) is 17.1 Å². The number of anilines is 1. The van der Waals surface area contributed by atoms with Gasteiger partial charge in [0, 0.05) is 11.6 Å². The van der Waals surface area contributed by atoms with E-state index in [1.165, 1.54) is 6.08 Å². The lowest BCUT2D eigenvalue weighted by molar-refractivity contribution is -0.115. The molecule has 3 N–H and O–H groups in total. The normalized spacial score (nSPS) is 11.5. The van der Waals surface area contributed by atoms with Crippen molar-refractivity contribution in [3.8, 4) is 5.75 Å². The molecule has 0 fully saturated rings. The monoisotopic (exact) mass is 459 g/mol. The minimum Gasteiger partial charge on any atom is -0.496 e. The molecule has 0 saturated carbocycles. The van der Waals surface area contributed by atoms with Crippen molar-refractivity contribution in [1.29, 1.82) is 0 Å². The highest BCUT2D eigenvalue weighted by Gasteiger charge is 2.15. The predicted octanol–water partition coefficient (Wildman–Crippen LogP) is 4.71. The lowest BCUT2D eigenvalue weighted by Gasteiger charge is -2.17. The molecule has 6 nitrogen and oxygen atoms in total. The predicted molar refractivity (Wildman–Crippen MR) is 135 cm³/mol. The number of benzene rings is 3. The number of rotatable bonds is 7. The van der Waals surface area contributed by atoms with E-state index in [9.17, 15) is 9.59 Å². The van der Waals surface area contributed by atoms with Crippen LogP contribution in [0.5, 0.6) is 5.75 Å². The summed E-state index contributed by atoms with van der Waals surface area (Å²) in [6.07, 6.45) is 3.01. The highest BCUT2D eigenvalue weighted by molar-refractivity contribution is 7.80. The van der Waals surface area contributed by atoms with Crippen molar-refractivity contribution < 1.29 is 14.3 Å². The van der Waals surface area contributed by atoms with E-state index in [2.05, 4.69) is 16.0 Å². The van der Waals surface area contributed by atoms with Crippen LogP contribution in [0.3, 0.4) is 0 Å². The molecule has 0 saturated heterocycles. The molecule has 0 heterocycles. The van der Waals surface area contributed by atoms with E-state index < -0.39 is 5.91 Å². The number of para-hydroxylation sites is 2. The van der Waals surface area contributed by atoms with E-state index >= 15 is 0 Å². The number of nitrogens with one attached hydrogen (secondary N) is 3. The largest absolute Gasteiger partial charge is 0.496 e. The summed E-state index contributed by atoms with van der Waals surface area (Å²) in [5.74, 6) is 0.00427. The minimum atomic E-state index is -0.405. The van der Waals surface area contributed by atoms with Gasteiger partial charge in [-0.3, -0.25) is 14.9 Å². The number of hydrogen-bond donors (Lipinski definition) is 3. The molecular formula is C26H25N3O3S. The van der Waals surface area contributed by atoms with Gasteiger partial charge in [0.15, 0.2) is 5.11 Å². The van der Waals surface area contributed by atoms with E-state index in [1.54, 1.807) is 37.5 Å². The molecule has 0 aliphatic rings. The molecule has 0 spiro atoms. The van der Waals surface area contributed by atoms with Crippen LogP contribution in [0.2, 0.25) is 0 Å². The zero-order valence-corrected chi connectivity index (χ0v) is 19.2. The highest BCUT2D eigenvalue weighted by atomic mass is 32.1. The van der Waals surface area contributed by atoms with Crippen LogP contribution in [0.15, 0.2) is 84.9 Å². The summed E-state index contributed by atoms with van der Waals surface area (Å²) in [5.41, 5.74) is 2.68. The minimum absolute atomic E-state index is 0.0843. The first-order valence-corrected chi connectivity index (χ1v) is 10.8. The van der Waals surface area contributed by atoms with Gasteiger partial charge in [-0.2, -0.15) is 0 Å². The second-order valence-electron chi connectivity index (χ2n) is 7.17. The molecule has 3 aromatic carbocycles. The summed E-state index contributed by atoms with van der Waals surface area (Å²) < 4.78 is 5.27. The van der Waals surface area contributed by atoms with Crippen LogP contribution in [0.25, 0.3) is 6.08 Å². The zero-order valence-electron chi connectivity index (χ0n) is 18.4. The molecule has 0 aliphatic heterocycles. The van der Waals surface area contributed by atoms with E-state index in [1.807, 2.05) is 61.5 Å². The van der Waals surface area contributed by atoms with Crippen molar-refractivity contribution in [3.63, 3.8) is 0 Å². The third-order valence-electron chi connectivity index (χ3n) is 4.86. The first-order chi connectivity index (χ1) is 16.0. The summed E-state index contributed by atoms with van der Waals surface area (Å²) in [5, 5.41) is 8.60. The number of thiocarbonyl (C=S) groups is 1. The van der Waals surface area contributed by atoms with Crippen molar-refractivity contribution in [2.45, 2.75) is 13.0 Å². The number of carbonyl (C=O) groups is 2. The molecule has 7 heteroatoms. The maximum atomic E-state index is 12.9. The molecule has 0 aromatic heterocycles. The summed E-state index contributed by atoms with van der Waals surface area (Å²) in [7, 11) is 1.57. The highest BCUT2D eigenvalue weighted by Crippen LogP contribution is 2.19. The van der Waals surface area contributed by atoms with Gasteiger partial charge in [-0.05, 0) is 49.0 Å². The fourth-order valence-electron chi connectivity index (χ4n) is 3.17. The van der Waals surface area contributed by atoms with Crippen LogP contribution < -0.4 is 20.7 Å². The molecule has 0 radical (unpaired) electrons. The summed E-state index contributed by atoms with van der Waals surface area (Å²) in [6.45, 7) is 1.92. The molecule has 3 rings (SSSR count). The van der Waals surface area contributed by atoms with E-state index in [0.29, 0.717) is 17.0 Å². The summed E-state index contributed by atoms with van der Waals surface area (Å²) in [4.78, 5) is 25.2. The van der Waals surface area contributed by atoms with Gasteiger partial charge in [0.1, 0.15) is 5.75 Å². The number of hydrogen-bond acceptors (Lipinski definition) is 4. The van der Waals surface area contributed by atoms with Crippen molar-refractivity contribution >= 4 is 40.9 Å². The number of ether oxygens (including phenoxy) is 1. The van der Waals surface area contributed by atoms with Crippen molar-refractivity contribution in [2.75, 3.05) is 12.4 Å². The molecule has 1 atom stereocenters. The third-order valence-corrected chi connectivity index (χ3v) is 5.06. The maximum Gasteiger partial charge on any atom is 0.253 e. The Hall–Kier alpha value is -3.97. The average molecular weight is 460 g/mol. The second kappa shape index (κ2) is 11.6. The van der Waals surface area contributed by atoms with Gasteiger partial charge in [-0.1, -0.05) is 60.7 Å². The number of carbonyl (C=O) groups excluding carboxylic acids is 2. The van der Waals surface area contributed by atoms with Gasteiger partial charge in [-0.25, -0.2) is 0 Å². The lowest BCUT2D eigenvalue weighted by atomic mass is 10.1. The molecule has 33 heavy (non-hydrogen) atoms. The molecule has 3 aromatic rings. The Morgan fingerprint density at radius 2 is 1.61 bits per heavy atom. The van der Waals surface area contributed by atoms with Crippen LogP contribution >= 0.6 is 12.2 Å². The summed E-state index contributed by atoms with van der Waals surface area (Å²) >= 11 is 5.27. The number of amides is 2. The molecule has 0 aliphatic carbocycles. The number of methoxy groups -OCH3 is 1.